The third kappa shape index (κ3) is 1.94. The molecule has 0 radical (unpaired) electrons. The fraction of sp³-hybridized carbons (Fsp3) is 0.400. The molecule has 2 aromatic rings. The Morgan fingerprint density at radius 2 is 2.00 bits per heavy atom. The number of hydrogen-bond donors (Lipinski definition) is 1. The van der Waals surface area contributed by atoms with Gasteiger partial charge in [-0.3, -0.25) is 15.1 Å². The van der Waals surface area contributed by atoms with Gasteiger partial charge in [0.25, 0.3) is 0 Å². The van der Waals surface area contributed by atoms with E-state index in [4.69, 9.17) is 0 Å². The summed E-state index contributed by atoms with van der Waals surface area (Å²) in [5.74, 6) is 1.21. The largest absolute Gasteiger partial charge is 0.365 e. The number of nitrogens with zero attached hydrogens (tertiary/aromatic N) is 3. The zero-order chi connectivity index (χ0) is 14.4. The van der Waals surface area contributed by atoms with Gasteiger partial charge in [-0.2, -0.15) is 0 Å². The van der Waals surface area contributed by atoms with E-state index in [2.05, 4.69) is 15.2 Å². The number of aromatic nitrogens is 1. The number of anilines is 1. The quantitative estimate of drug-likeness (QED) is 0.672. The Hall–Kier alpha value is -2.21. The molecule has 2 saturated heterocycles. The van der Waals surface area contributed by atoms with Crippen LogP contribution in [0.4, 0.5) is 11.4 Å². The van der Waals surface area contributed by atoms with E-state index < -0.39 is 0 Å². The van der Waals surface area contributed by atoms with E-state index in [1.807, 2.05) is 12.1 Å². The topological polar surface area (TPSA) is 71.3 Å². The molecule has 2 unspecified atom stereocenters. The lowest BCUT2D eigenvalue weighted by Gasteiger charge is -2.20. The van der Waals surface area contributed by atoms with Gasteiger partial charge in [0, 0.05) is 32.4 Å². The molecule has 1 aromatic heterocycles. The van der Waals surface area contributed by atoms with Crippen molar-refractivity contribution in [2.75, 3.05) is 31.1 Å². The van der Waals surface area contributed by atoms with Crippen molar-refractivity contribution in [1.29, 1.82) is 0 Å². The molecule has 1 aromatic carbocycles. The maximum Gasteiger partial charge on any atom is 0.301 e. The Morgan fingerprint density at radius 1 is 1.24 bits per heavy atom. The number of pyridine rings is 1. The molecular formula is C15H16N4O2. The smallest absolute Gasteiger partial charge is 0.301 e. The van der Waals surface area contributed by atoms with Gasteiger partial charge in [0.15, 0.2) is 0 Å². The third-order valence-corrected chi connectivity index (χ3v) is 4.65. The number of nitro groups is 1. The molecule has 0 spiro atoms. The molecule has 2 aliphatic heterocycles. The number of nitro benzene ring substituents is 1. The van der Waals surface area contributed by atoms with Crippen LogP contribution in [0.15, 0.2) is 30.5 Å². The van der Waals surface area contributed by atoms with E-state index in [-0.39, 0.29) is 10.6 Å². The first-order valence-corrected chi connectivity index (χ1v) is 7.22. The molecule has 4 rings (SSSR count). The predicted octanol–water partition coefficient (Wildman–Crippen LogP) is 1.80. The maximum atomic E-state index is 11.6. The SMILES string of the molecule is O=[N+]([O-])c1c(N2CC3CNCC3C2)ccc2ncccc12. The lowest BCUT2D eigenvalue weighted by atomic mass is 10.0. The summed E-state index contributed by atoms with van der Waals surface area (Å²) in [6, 6.07) is 7.26. The molecule has 2 atom stereocenters. The van der Waals surface area contributed by atoms with Crippen molar-refractivity contribution in [3.63, 3.8) is 0 Å². The number of benzene rings is 1. The van der Waals surface area contributed by atoms with Crippen LogP contribution in [-0.2, 0) is 0 Å². The van der Waals surface area contributed by atoms with E-state index in [9.17, 15) is 10.1 Å². The number of fused-ring (bicyclic) bond motifs is 2. The molecule has 6 heteroatoms. The highest BCUT2D eigenvalue weighted by molar-refractivity contribution is 5.94. The first-order chi connectivity index (χ1) is 10.2. The van der Waals surface area contributed by atoms with Crippen molar-refractivity contribution in [1.82, 2.24) is 10.3 Å². The first-order valence-electron chi connectivity index (χ1n) is 7.22. The minimum atomic E-state index is -0.272. The van der Waals surface area contributed by atoms with E-state index in [1.54, 1.807) is 18.3 Å². The lowest BCUT2D eigenvalue weighted by molar-refractivity contribution is -0.382. The van der Waals surface area contributed by atoms with Crippen LogP contribution in [0.1, 0.15) is 0 Å². The molecular weight excluding hydrogens is 268 g/mol. The highest BCUT2D eigenvalue weighted by Gasteiger charge is 2.38. The Bertz CT molecular complexity index is 706. The Morgan fingerprint density at radius 3 is 2.71 bits per heavy atom. The van der Waals surface area contributed by atoms with E-state index in [0.29, 0.717) is 22.7 Å². The molecule has 3 heterocycles. The second kappa shape index (κ2) is 4.66. The van der Waals surface area contributed by atoms with Crippen LogP contribution in [0.3, 0.4) is 0 Å². The molecule has 1 N–H and O–H groups in total. The van der Waals surface area contributed by atoms with Crippen molar-refractivity contribution >= 4 is 22.3 Å². The normalized spacial score (nSPS) is 24.5. The summed E-state index contributed by atoms with van der Waals surface area (Å²) in [7, 11) is 0. The number of hydrogen-bond acceptors (Lipinski definition) is 5. The van der Waals surface area contributed by atoms with Gasteiger partial charge in [0.05, 0.1) is 15.8 Å². The molecule has 0 bridgehead atoms. The highest BCUT2D eigenvalue weighted by atomic mass is 16.6. The minimum absolute atomic E-state index is 0.188. The van der Waals surface area contributed by atoms with Gasteiger partial charge in [0.2, 0.25) is 0 Å². The highest BCUT2D eigenvalue weighted by Crippen LogP contribution is 2.39. The van der Waals surface area contributed by atoms with E-state index >= 15 is 0 Å². The van der Waals surface area contributed by atoms with Crippen LogP contribution in [0.5, 0.6) is 0 Å². The molecule has 0 amide bonds. The Labute approximate surface area is 121 Å². The average Bonchev–Trinajstić information content (AvgIpc) is 3.07. The molecule has 0 saturated carbocycles. The van der Waals surface area contributed by atoms with Gasteiger partial charge in [-0.1, -0.05) is 0 Å². The third-order valence-electron chi connectivity index (χ3n) is 4.65. The number of rotatable bonds is 2. The summed E-state index contributed by atoms with van der Waals surface area (Å²) in [5, 5.41) is 15.6. The van der Waals surface area contributed by atoms with E-state index in [1.165, 1.54) is 0 Å². The fourth-order valence-corrected chi connectivity index (χ4v) is 3.62. The Balaban J connectivity index is 1.81. The summed E-state index contributed by atoms with van der Waals surface area (Å²) >= 11 is 0. The van der Waals surface area contributed by atoms with Gasteiger partial charge >= 0.3 is 5.69 Å². The van der Waals surface area contributed by atoms with Crippen molar-refractivity contribution in [3.05, 3.63) is 40.6 Å². The molecule has 2 aliphatic rings. The van der Waals surface area contributed by atoms with Gasteiger partial charge in [-0.25, -0.2) is 0 Å². The summed E-state index contributed by atoms with van der Waals surface area (Å²) in [6.07, 6.45) is 1.66. The van der Waals surface area contributed by atoms with Gasteiger partial charge < -0.3 is 10.2 Å². The zero-order valence-corrected chi connectivity index (χ0v) is 11.5. The van der Waals surface area contributed by atoms with Crippen molar-refractivity contribution in [2.45, 2.75) is 0 Å². The van der Waals surface area contributed by atoms with Crippen LogP contribution in [-0.4, -0.2) is 36.1 Å². The van der Waals surface area contributed by atoms with Crippen molar-refractivity contribution < 1.29 is 4.92 Å². The maximum absolute atomic E-state index is 11.6. The molecule has 6 nitrogen and oxygen atoms in total. The minimum Gasteiger partial charge on any atom is -0.365 e. The fourth-order valence-electron chi connectivity index (χ4n) is 3.62. The summed E-state index contributed by atoms with van der Waals surface area (Å²) in [5.41, 5.74) is 1.59. The average molecular weight is 284 g/mol. The van der Waals surface area contributed by atoms with Crippen LogP contribution < -0.4 is 10.2 Å². The summed E-state index contributed by atoms with van der Waals surface area (Å²) in [6.45, 7) is 3.82. The lowest BCUT2D eigenvalue weighted by Crippen LogP contribution is -2.26. The first kappa shape index (κ1) is 12.5. The Kier molecular flexibility index (Phi) is 2.78. The second-order valence-electron chi connectivity index (χ2n) is 5.84. The van der Waals surface area contributed by atoms with Crippen LogP contribution in [0, 0.1) is 22.0 Å². The molecule has 0 aliphatic carbocycles. The monoisotopic (exact) mass is 284 g/mol. The molecule has 21 heavy (non-hydrogen) atoms. The summed E-state index contributed by atoms with van der Waals surface area (Å²) < 4.78 is 0. The second-order valence-corrected chi connectivity index (χ2v) is 5.84. The predicted molar refractivity (Wildman–Crippen MR) is 80.5 cm³/mol. The van der Waals surface area contributed by atoms with Crippen molar-refractivity contribution in [2.24, 2.45) is 11.8 Å². The van der Waals surface area contributed by atoms with Gasteiger partial charge in [0.1, 0.15) is 5.69 Å². The zero-order valence-electron chi connectivity index (χ0n) is 11.5. The van der Waals surface area contributed by atoms with E-state index in [0.717, 1.165) is 31.9 Å². The van der Waals surface area contributed by atoms with Gasteiger partial charge in [-0.05, 0) is 36.1 Å². The van der Waals surface area contributed by atoms with Crippen LogP contribution >= 0.6 is 0 Å². The summed E-state index contributed by atoms with van der Waals surface area (Å²) in [4.78, 5) is 17.7. The standard InChI is InChI=1S/C15H16N4O2/c20-19(21)15-12-2-1-5-17-13(12)3-4-14(15)18-8-10-6-16-7-11(10)9-18/h1-5,10-11,16H,6-9H2. The number of nitrogens with one attached hydrogen (secondary N) is 1. The van der Waals surface area contributed by atoms with Crippen LogP contribution in [0.25, 0.3) is 10.9 Å². The molecule has 108 valence electrons. The van der Waals surface area contributed by atoms with Crippen molar-refractivity contribution in [3.8, 4) is 0 Å². The van der Waals surface area contributed by atoms with Crippen LogP contribution in [0.2, 0.25) is 0 Å². The van der Waals surface area contributed by atoms with Gasteiger partial charge in [-0.15, -0.1) is 0 Å². The molecule has 2 fully saturated rings.